The molecule has 0 saturated carbocycles. The number of hydrogen-bond acceptors (Lipinski definition) is 3. The summed E-state index contributed by atoms with van der Waals surface area (Å²) in [5.41, 5.74) is 6.58. The molecule has 4 nitrogen and oxygen atoms in total. The fourth-order valence-electron chi connectivity index (χ4n) is 1.63. The summed E-state index contributed by atoms with van der Waals surface area (Å²) in [6, 6.07) is 4.06. The number of carbonyl (C=O) groups is 1. The van der Waals surface area contributed by atoms with E-state index >= 15 is 0 Å². The lowest BCUT2D eigenvalue weighted by molar-refractivity contribution is 0.0995. The lowest BCUT2D eigenvalue weighted by Crippen LogP contribution is -2.23. The summed E-state index contributed by atoms with van der Waals surface area (Å²) in [4.78, 5) is 14.9. The Hall–Kier alpha value is -1.42. The largest absolute Gasteiger partial charge is 0.364 e. The van der Waals surface area contributed by atoms with Crippen LogP contribution in [0.1, 0.15) is 42.2 Å². The van der Waals surface area contributed by atoms with Gasteiger partial charge < -0.3 is 11.1 Å². The first-order chi connectivity index (χ1) is 7.54. The van der Waals surface area contributed by atoms with E-state index in [1.807, 2.05) is 13.1 Å². The van der Waals surface area contributed by atoms with Gasteiger partial charge in [-0.2, -0.15) is 0 Å². The first kappa shape index (κ1) is 12.6. The molecule has 1 rings (SSSR count). The Morgan fingerprint density at radius 2 is 2.19 bits per heavy atom. The smallest absolute Gasteiger partial charge is 0.267 e. The van der Waals surface area contributed by atoms with E-state index in [0.29, 0.717) is 17.7 Å². The van der Waals surface area contributed by atoms with Crippen LogP contribution in [0.5, 0.6) is 0 Å². The van der Waals surface area contributed by atoms with Crippen molar-refractivity contribution in [1.82, 2.24) is 10.3 Å². The van der Waals surface area contributed by atoms with Gasteiger partial charge in [0.05, 0.1) is 0 Å². The summed E-state index contributed by atoms with van der Waals surface area (Å²) < 4.78 is 0. The number of hydrogen-bond donors (Lipinski definition) is 2. The predicted molar refractivity (Wildman–Crippen MR) is 64.3 cm³/mol. The molecule has 0 aliphatic heterocycles. The quantitative estimate of drug-likeness (QED) is 0.787. The molecule has 0 aliphatic carbocycles. The van der Waals surface area contributed by atoms with Crippen molar-refractivity contribution in [3.05, 3.63) is 29.6 Å². The summed E-state index contributed by atoms with van der Waals surface area (Å²) in [6.07, 6.45) is 2.77. The zero-order chi connectivity index (χ0) is 12.1. The molecule has 88 valence electrons. The van der Waals surface area contributed by atoms with Crippen LogP contribution in [-0.4, -0.2) is 24.0 Å². The predicted octanol–water partition coefficient (Wildman–Crippen LogP) is 1.28. The van der Waals surface area contributed by atoms with Crippen molar-refractivity contribution in [3.63, 3.8) is 0 Å². The second-order valence-electron chi connectivity index (χ2n) is 4.17. The second kappa shape index (κ2) is 5.61. The van der Waals surface area contributed by atoms with Crippen LogP contribution in [0.4, 0.5) is 0 Å². The third kappa shape index (κ3) is 3.31. The van der Waals surface area contributed by atoms with E-state index in [2.05, 4.69) is 24.1 Å². The van der Waals surface area contributed by atoms with Crippen molar-refractivity contribution >= 4 is 5.91 Å². The average molecular weight is 221 g/mol. The number of nitrogens with zero attached hydrogens (tertiary/aromatic N) is 1. The van der Waals surface area contributed by atoms with E-state index < -0.39 is 5.91 Å². The third-order valence-corrected chi connectivity index (χ3v) is 2.81. The van der Waals surface area contributed by atoms with Gasteiger partial charge in [0, 0.05) is 12.2 Å². The standard InChI is InChI=1S/C12H19N3O/c1-8(6-9(2)14-3)10-4-5-11(12(13)16)15-7-10/h4-5,7-9,14H,6H2,1-3H3,(H2,13,16). The molecule has 1 amide bonds. The zero-order valence-electron chi connectivity index (χ0n) is 10.0. The molecule has 3 N–H and O–H groups in total. The van der Waals surface area contributed by atoms with E-state index in [9.17, 15) is 4.79 Å². The minimum absolute atomic E-state index is 0.317. The van der Waals surface area contributed by atoms with Crippen LogP contribution in [0.2, 0.25) is 0 Å². The monoisotopic (exact) mass is 221 g/mol. The lowest BCUT2D eigenvalue weighted by atomic mass is 9.96. The number of rotatable bonds is 5. The number of amides is 1. The summed E-state index contributed by atoms with van der Waals surface area (Å²) in [5.74, 6) is -0.0697. The Labute approximate surface area is 96.3 Å². The van der Waals surface area contributed by atoms with Gasteiger partial charge >= 0.3 is 0 Å². The Morgan fingerprint density at radius 3 is 2.62 bits per heavy atom. The van der Waals surface area contributed by atoms with Gasteiger partial charge in [-0.05, 0) is 37.9 Å². The highest BCUT2D eigenvalue weighted by atomic mass is 16.1. The summed E-state index contributed by atoms with van der Waals surface area (Å²) >= 11 is 0. The van der Waals surface area contributed by atoms with Crippen LogP contribution in [0.3, 0.4) is 0 Å². The molecule has 0 fully saturated rings. The van der Waals surface area contributed by atoms with Crippen LogP contribution in [0.25, 0.3) is 0 Å². The molecule has 0 aliphatic rings. The van der Waals surface area contributed by atoms with Gasteiger partial charge in [0.2, 0.25) is 0 Å². The molecule has 1 aromatic rings. The van der Waals surface area contributed by atoms with Crippen molar-refractivity contribution in [1.29, 1.82) is 0 Å². The molecule has 0 bridgehead atoms. The van der Waals surface area contributed by atoms with E-state index in [-0.39, 0.29) is 0 Å². The van der Waals surface area contributed by atoms with Crippen molar-refractivity contribution in [3.8, 4) is 0 Å². The van der Waals surface area contributed by atoms with E-state index in [1.54, 1.807) is 12.3 Å². The van der Waals surface area contributed by atoms with Crippen LogP contribution in [0.15, 0.2) is 18.3 Å². The number of aromatic nitrogens is 1. The fourth-order valence-corrected chi connectivity index (χ4v) is 1.63. The van der Waals surface area contributed by atoms with Crippen LogP contribution in [-0.2, 0) is 0 Å². The molecule has 0 spiro atoms. The molecule has 4 heteroatoms. The van der Waals surface area contributed by atoms with Crippen LogP contribution < -0.4 is 11.1 Å². The number of nitrogens with one attached hydrogen (secondary N) is 1. The van der Waals surface area contributed by atoms with Gasteiger partial charge in [-0.1, -0.05) is 13.0 Å². The van der Waals surface area contributed by atoms with E-state index in [0.717, 1.165) is 12.0 Å². The van der Waals surface area contributed by atoms with Crippen molar-refractivity contribution in [2.24, 2.45) is 5.73 Å². The van der Waals surface area contributed by atoms with Gasteiger partial charge in [0.25, 0.3) is 5.91 Å². The van der Waals surface area contributed by atoms with Gasteiger partial charge in [0.1, 0.15) is 5.69 Å². The SMILES string of the molecule is CNC(C)CC(C)c1ccc(C(N)=O)nc1. The van der Waals surface area contributed by atoms with Crippen molar-refractivity contribution in [2.45, 2.75) is 32.2 Å². The maximum absolute atomic E-state index is 10.9. The topological polar surface area (TPSA) is 68.0 Å². The molecule has 2 unspecified atom stereocenters. The Kier molecular flexibility index (Phi) is 4.43. The zero-order valence-corrected chi connectivity index (χ0v) is 10.0. The highest BCUT2D eigenvalue weighted by molar-refractivity contribution is 5.90. The molecule has 0 saturated heterocycles. The Morgan fingerprint density at radius 1 is 1.50 bits per heavy atom. The lowest BCUT2D eigenvalue weighted by Gasteiger charge is -2.16. The summed E-state index contributed by atoms with van der Waals surface area (Å²) in [6.45, 7) is 4.29. The molecule has 2 atom stereocenters. The fraction of sp³-hybridized carbons (Fsp3) is 0.500. The van der Waals surface area contributed by atoms with E-state index in [4.69, 9.17) is 5.73 Å². The Balaban J connectivity index is 2.70. The van der Waals surface area contributed by atoms with E-state index in [1.165, 1.54) is 0 Å². The molecular weight excluding hydrogens is 202 g/mol. The van der Waals surface area contributed by atoms with Crippen molar-refractivity contribution < 1.29 is 4.79 Å². The number of carbonyl (C=O) groups excluding carboxylic acids is 1. The van der Waals surface area contributed by atoms with Crippen LogP contribution in [0, 0.1) is 0 Å². The summed E-state index contributed by atoms with van der Waals surface area (Å²) in [7, 11) is 1.95. The third-order valence-electron chi connectivity index (χ3n) is 2.81. The maximum atomic E-state index is 10.9. The molecule has 1 heterocycles. The average Bonchev–Trinajstić information content (AvgIpc) is 2.28. The second-order valence-corrected chi connectivity index (χ2v) is 4.17. The highest BCUT2D eigenvalue weighted by Gasteiger charge is 2.10. The molecule has 0 aromatic carbocycles. The van der Waals surface area contributed by atoms with Gasteiger partial charge in [0.15, 0.2) is 0 Å². The number of primary amides is 1. The molecule has 1 aromatic heterocycles. The highest BCUT2D eigenvalue weighted by Crippen LogP contribution is 2.19. The van der Waals surface area contributed by atoms with Gasteiger partial charge in [-0.15, -0.1) is 0 Å². The maximum Gasteiger partial charge on any atom is 0.267 e. The molecule has 16 heavy (non-hydrogen) atoms. The minimum atomic E-state index is -0.484. The number of pyridine rings is 1. The van der Waals surface area contributed by atoms with Crippen LogP contribution >= 0.6 is 0 Å². The van der Waals surface area contributed by atoms with Crippen molar-refractivity contribution in [2.75, 3.05) is 7.05 Å². The molecular formula is C12H19N3O. The van der Waals surface area contributed by atoms with Gasteiger partial charge in [-0.25, -0.2) is 0 Å². The first-order valence-electron chi connectivity index (χ1n) is 5.47. The molecule has 0 radical (unpaired) electrons. The normalized spacial score (nSPS) is 14.4. The first-order valence-corrected chi connectivity index (χ1v) is 5.47. The summed E-state index contributed by atoms with van der Waals surface area (Å²) in [5, 5.41) is 3.20. The Bertz CT molecular complexity index is 348. The van der Waals surface area contributed by atoms with Gasteiger partial charge in [-0.3, -0.25) is 9.78 Å². The number of nitrogens with two attached hydrogens (primary N) is 1. The minimum Gasteiger partial charge on any atom is -0.364 e.